The van der Waals surface area contributed by atoms with Gasteiger partial charge in [0, 0.05) is 7.05 Å². The van der Waals surface area contributed by atoms with Gasteiger partial charge in [-0.1, -0.05) is 11.6 Å². The second-order valence-electron chi connectivity index (χ2n) is 3.03. The largest absolute Gasteiger partial charge is 0.435 e. The van der Waals surface area contributed by atoms with E-state index in [0.29, 0.717) is 22.3 Å². The van der Waals surface area contributed by atoms with Gasteiger partial charge in [-0.15, -0.1) is 11.6 Å². The third kappa shape index (κ3) is 2.25. The first-order chi connectivity index (χ1) is 7.70. The van der Waals surface area contributed by atoms with E-state index in [4.69, 9.17) is 27.9 Å². The van der Waals surface area contributed by atoms with Crippen LogP contribution in [0, 0.1) is 0 Å². The van der Waals surface area contributed by atoms with Crippen molar-refractivity contribution in [3.63, 3.8) is 0 Å². The zero-order valence-electron chi connectivity index (χ0n) is 8.39. The molecule has 0 aliphatic carbocycles. The molecule has 0 aliphatic rings. The number of rotatable bonds is 3. The molecule has 0 saturated heterocycles. The molecule has 16 heavy (non-hydrogen) atoms. The van der Waals surface area contributed by atoms with Gasteiger partial charge in [0.25, 0.3) is 0 Å². The summed E-state index contributed by atoms with van der Waals surface area (Å²) >= 11 is 11.6. The van der Waals surface area contributed by atoms with Crippen LogP contribution in [0.3, 0.4) is 0 Å². The van der Waals surface area contributed by atoms with Crippen LogP contribution in [0.2, 0.25) is 5.15 Å². The molecule has 2 aromatic heterocycles. The summed E-state index contributed by atoms with van der Waals surface area (Å²) in [5.41, 5.74) is 0.565. The van der Waals surface area contributed by atoms with Crippen molar-refractivity contribution in [3.8, 4) is 11.6 Å². The molecule has 0 atom stereocenters. The van der Waals surface area contributed by atoms with Crippen molar-refractivity contribution in [3.05, 3.63) is 29.4 Å². The molecule has 0 radical (unpaired) electrons. The summed E-state index contributed by atoms with van der Waals surface area (Å²) in [5, 5.41) is 4.27. The minimum atomic E-state index is 0.190. The Hall–Kier alpha value is -1.33. The first-order valence-electron chi connectivity index (χ1n) is 4.42. The first kappa shape index (κ1) is 11.2. The molecule has 2 aromatic rings. The van der Waals surface area contributed by atoms with Crippen LogP contribution >= 0.6 is 23.2 Å². The van der Waals surface area contributed by atoms with Crippen molar-refractivity contribution < 1.29 is 4.74 Å². The van der Waals surface area contributed by atoms with Crippen LogP contribution in [0.5, 0.6) is 11.6 Å². The van der Waals surface area contributed by atoms with Crippen LogP contribution in [0.15, 0.2) is 18.7 Å². The lowest BCUT2D eigenvalue weighted by Gasteiger charge is -2.06. The molecule has 0 bridgehead atoms. The van der Waals surface area contributed by atoms with Gasteiger partial charge in [0.15, 0.2) is 5.75 Å². The molecule has 2 rings (SSSR count). The summed E-state index contributed by atoms with van der Waals surface area (Å²) in [6.07, 6.45) is 4.62. The summed E-state index contributed by atoms with van der Waals surface area (Å²) in [6.45, 7) is 0. The number of aryl methyl sites for hydroxylation is 1. The highest BCUT2D eigenvalue weighted by molar-refractivity contribution is 6.31. The molecule has 0 saturated carbocycles. The van der Waals surface area contributed by atoms with E-state index in [1.165, 1.54) is 6.33 Å². The fourth-order valence-electron chi connectivity index (χ4n) is 1.14. The lowest BCUT2D eigenvalue weighted by Crippen LogP contribution is -1.95. The molecule has 0 fully saturated rings. The maximum absolute atomic E-state index is 5.86. The molecular formula is C9H8Cl2N4O. The van der Waals surface area contributed by atoms with Crippen molar-refractivity contribution in [2.45, 2.75) is 5.88 Å². The lowest BCUT2D eigenvalue weighted by atomic mass is 10.4. The van der Waals surface area contributed by atoms with E-state index in [0.717, 1.165) is 0 Å². The topological polar surface area (TPSA) is 52.8 Å². The van der Waals surface area contributed by atoms with Gasteiger partial charge in [-0.25, -0.2) is 9.97 Å². The fourth-order valence-corrected chi connectivity index (χ4v) is 1.64. The predicted octanol–water partition coefficient (Wildman–Crippen LogP) is 2.39. The second kappa shape index (κ2) is 4.67. The number of aromatic nitrogens is 4. The highest BCUT2D eigenvalue weighted by Gasteiger charge is 2.11. The molecule has 0 aromatic carbocycles. The smallest absolute Gasteiger partial charge is 0.228 e. The summed E-state index contributed by atoms with van der Waals surface area (Å²) < 4.78 is 7.12. The highest BCUT2D eigenvalue weighted by Crippen LogP contribution is 2.27. The Balaban J connectivity index is 2.30. The maximum Gasteiger partial charge on any atom is 0.228 e. The Morgan fingerprint density at radius 3 is 2.88 bits per heavy atom. The quantitative estimate of drug-likeness (QED) is 0.627. The average Bonchev–Trinajstić information content (AvgIpc) is 2.64. The summed E-state index contributed by atoms with van der Waals surface area (Å²) in [4.78, 5) is 7.80. The van der Waals surface area contributed by atoms with E-state index in [-0.39, 0.29) is 5.88 Å². The van der Waals surface area contributed by atoms with Crippen LogP contribution in [0.1, 0.15) is 5.56 Å². The molecule has 0 N–H and O–H groups in total. The standard InChI is InChI=1S/C9H8Cl2N4O/c1-15-4-6(3-14-15)16-9-7(2-10)8(11)12-5-13-9/h3-5H,2H2,1H3. The Kier molecular flexibility index (Phi) is 3.26. The van der Waals surface area contributed by atoms with Gasteiger partial charge in [0.05, 0.1) is 23.8 Å². The minimum Gasteiger partial charge on any atom is -0.435 e. The number of hydrogen-bond acceptors (Lipinski definition) is 4. The van der Waals surface area contributed by atoms with Gasteiger partial charge in [-0.3, -0.25) is 4.68 Å². The van der Waals surface area contributed by atoms with Crippen molar-refractivity contribution in [1.82, 2.24) is 19.7 Å². The number of hydrogen-bond donors (Lipinski definition) is 0. The molecule has 0 amide bonds. The van der Waals surface area contributed by atoms with Crippen LogP contribution in [-0.4, -0.2) is 19.7 Å². The fraction of sp³-hybridized carbons (Fsp3) is 0.222. The summed E-state index contributed by atoms with van der Waals surface area (Å²) in [5.74, 6) is 1.11. The maximum atomic E-state index is 5.86. The molecule has 84 valence electrons. The zero-order valence-corrected chi connectivity index (χ0v) is 9.90. The van der Waals surface area contributed by atoms with Gasteiger partial charge >= 0.3 is 0 Å². The van der Waals surface area contributed by atoms with Gasteiger partial charge in [-0.05, 0) is 0 Å². The molecule has 2 heterocycles. The first-order valence-corrected chi connectivity index (χ1v) is 5.34. The second-order valence-corrected chi connectivity index (χ2v) is 3.66. The van der Waals surface area contributed by atoms with Gasteiger partial charge in [0.2, 0.25) is 5.88 Å². The minimum absolute atomic E-state index is 0.190. The Morgan fingerprint density at radius 1 is 1.44 bits per heavy atom. The van der Waals surface area contributed by atoms with Crippen molar-refractivity contribution in [1.29, 1.82) is 0 Å². The predicted molar refractivity (Wildman–Crippen MR) is 59.9 cm³/mol. The Morgan fingerprint density at radius 2 is 2.25 bits per heavy atom. The van der Waals surface area contributed by atoms with Crippen molar-refractivity contribution >= 4 is 23.2 Å². The molecule has 5 nitrogen and oxygen atoms in total. The Bertz CT molecular complexity index is 500. The summed E-state index contributed by atoms with van der Waals surface area (Å²) in [6, 6.07) is 0. The zero-order chi connectivity index (χ0) is 11.5. The molecule has 0 spiro atoms. The molecule has 7 heteroatoms. The Labute approximate surface area is 102 Å². The van der Waals surface area contributed by atoms with Gasteiger partial charge in [0.1, 0.15) is 11.5 Å². The van der Waals surface area contributed by atoms with Crippen LogP contribution in [-0.2, 0) is 12.9 Å². The lowest BCUT2D eigenvalue weighted by molar-refractivity contribution is 0.456. The van der Waals surface area contributed by atoms with Crippen molar-refractivity contribution in [2.75, 3.05) is 0 Å². The van der Waals surface area contributed by atoms with E-state index in [1.54, 1.807) is 24.1 Å². The van der Waals surface area contributed by atoms with E-state index in [9.17, 15) is 0 Å². The van der Waals surface area contributed by atoms with Crippen LogP contribution in [0.4, 0.5) is 0 Å². The van der Waals surface area contributed by atoms with Crippen molar-refractivity contribution in [2.24, 2.45) is 7.05 Å². The number of nitrogens with zero attached hydrogens (tertiary/aromatic N) is 4. The van der Waals surface area contributed by atoms with Crippen LogP contribution in [0.25, 0.3) is 0 Å². The third-order valence-electron chi connectivity index (χ3n) is 1.88. The number of halogens is 2. The molecular weight excluding hydrogens is 251 g/mol. The van der Waals surface area contributed by atoms with Gasteiger partial charge in [-0.2, -0.15) is 5.10 Å². The molecule has 0 aliphatic heterocycles. The number of alkyl halides is 1. The van der Waals surface area contributed by atoms with Gasteiger partial charge < -0.3 is 4.74 Å². The van der Waals surface area contributed by atoms with E-state index in [2.05, 4.69) is 15.1 Å². The van der Waals surface area contributed by atoms with E-state index < -0.39 is 0 Å². The number of ether oxygens (including phenoxy) is 1. The third-order valence-corrected chi connectivity index (χ3v) is 2.48. The summed E-state index contributed by atoms with van der Waals surface area (Å²) in [7, 11) is 1.79. The SMILES string of the molecule is Cn1cc(Oc2ncnc(Cl)c2CCl)cn1. The normalized spacial score (nSPS) is 10.4. The van der Waals surface area contributed by atoms with E-state index in [1.807, 2.05) is 0 Å². The average molecular weight is 259 g/mol. The highest BCUT2D eigenvalue weighted by atomic mass is 35.5. The molecule has 0 unspecified atom stereocenters. The van der Waals surface area contributed by atoms with E-state index >= 15 is 0 Å². The van der Waals surface area contributed by atoms with Crippen LogP contribution < -0.4 is 4.74 Å². The monoisotopic (exact) mass is 258 g/mol.